The van der Waals surface area contributed by atoms with Crippen LogP contribution in [0.3, 0.4) is 0 Å². The SMILES string of the molecule is Cc1cc(OP(=O)(O)O)cc(-c2cc(=O)c3cc4c(cc3[nH]2)OCO4)c1. The molecule has 26 heavy (non-hydrogen) atoms. The van der Waals surface area contributed by atoms with Crippen LogP contribution < -0.4 is 19.4 Å². The van der Waals surface area contributed by atoms with Crippen molar-refractivity contribution in [2.75, 3.05) is 6.79 Å². The first-order valence-electron chi connectivity index (χ1n) is 7.62. The van der Waals surface area contributed by atoms with E-state index in [1.807, 2.05) is 0 Å². The number of ether oxygens (including phenoxy) is 2. The Hall–Kier alpha value is -2.80. The number of aromatic nitrogens is 1. The highest BCUT2D eigenvalue weighted by Crippen LogP contribution is 2.39. The van der Waals surface area contributed by atoms with Crippen LogP contribution in [-0.4, -0.2) is 21.6 Å². The van der Waals surface area contributed by atoms with Crippen LogP contribution in [-0.2, 0) is 4.57 Å². The zero-order valence-corrected chi connectivity index (χ0v) is 14.4. The average Bonchev–Trinajstić information content (AvgIpc) is 2.98. The van der Waals surface area contributed by atoms with Crippen molar-refractivity contribution in [3.8, 4) is 28.5 Å². The van der Waals surface area contributed by atoms with E-state index in [0.717, 1.165) is 5.56 Å². The minimum atomic E-state index is -4.68. The van der Waals surface area contributed by atoms with E-state index < -0.39 is 7.82 Å². The highest BCUT2D eigenvalue weighted by molar-refractivity contribution is 7.46. The largest absolute Gasteiger partial charge is 0.524 e. The molecule has 9 heteroatoms. The number of rotatable bonds is 3. The van der Waals surface area contributed by atoms with Gasteiger partial charge in [0.2, 0.25) is 6.79 Å². The van der Waals surface area contributed by atoms with E-state index in [0.29, 0.717) is 33.7 Å². The highest BCUT2D eigenvalue weighted by atomic mass is 31.2. The molecule has 134 valence electrons. The summed E-state index contributed by atoms with van der Waals surface area (Å²) < 4.78 is 26.4. The van der Waals surface area contributed by atoms with Gasteiger partial charge in [-0.3, -0.25) is 14.6 Å². The van der Waals surface area contributed by atoms with Gasteiger partial charge in [0, 0.05) is 28.8 Å². The van der Waals surface area contributed by atoms with Gasteiger partial charge < -0.3 is 19.0 Å². The van der Waals surface area contributed by atoms with E-state index in [2.05, 4.69) is 9.51 Å². The summed E-state index contributed by atoms with van der Waals surface area (Å²) >= 11 is 0. The van der Waals surface area contributed by atoms with Crippen LogP contribution >= 0.6 is 7.82 Å². The highest BCUT2D eigenvalue weighted by Gasteiger charge is 2.18. The second-order valence-corrected chi connectivity index (χ2v) is 7.08. The van der Waals surface area contributed by atoms with Crippen molar-refractivity contribution in [1.82, 2.24) is 4.98 Å². The maximum atomic E-state index is 12.5. The van der Waals surface area contributed by atoms with Crippen molar-refractivity contribution < 1.29 is 28.3 Å². The lowest BCUT2D eigenvalue weighted by molar-refractivity contribution is 0.174. The van der Waals surface area contributed by atoms with Gasteiger partial charge in [-0.25, -0.2) is 4.57 Å². The molecule has 2 aromatic carbocycles. The second kappa shape index (κ2) is 5.88. The zero-order chi connectivity index (χ0) is 18.5. The van der Waals surface area contributed by atoms with Crippen molar-refractivity contribution in [3.63, 3.8) is 0 Å². The lowest BCUT2D eigenvalue weighted by Gasteiger charge is -2.11. The first kappa shape index (κ1) is 16.7. The zero-order valence-electron chi connectivity index (χ0n) is 13.6. The molecule has 0 fully saturated rings. The Morgan fingerprint density at radius 1 is 1.08 bits per heavy atom. The maximum absolute atomic E-state index is 12.5. The number of benzene rings is 2. The number of phosphoric acid groups is 1. The summed E-state index contributed by atoms with van der Waals surface area (Å²) in [6.45, 7) is 1.86. The van der Waals surface area contributed by atoms with Crippen molar-refractivity contribution >= 4 is 18.7 Å². The number of fused-ring (bicyclic) bond motifs is 2. The van der Waals surface area contributed by atoms with E-state index in [4.69, 9.17) is 19.3 Å². The first-order valence-corrected chi connectivity index (χ1v) is 9.15. The Morgan fingerprint density at radius 3 is 2.54 bits per heavy atom. The topological polar surface area (TPSA) is 118 Å². The molecule has 3 N–H and O–H groups in total. The molecule has 0 amide bonds. The van der Waals surface area contributed by atoms with E-state index in [-0.39, 0.29) is 18.0 Å². The van der Waals surface area contributed by atoms with E-state index >= 15 is 0 Å². The molecule has 3 aromatic rings. The van der Waals surface area contributed by atoms with E-state index in [1.165, 1.54) is 18.2 Å². The predicted octanol–water partition coefficient (Wildman–Crippen LogP) is 2.70. The molecule has 1 aromatic heterocycles. The molecule has 4 rings (SSSR count). The molecular formula is C17H14NO7P. The third-order valence-electron chi connectivity index (χ3n) is 3.91. The lowest BCUT2D eigenvalue weighted by Crippen LogP contribution is -2.03. The van der Waals surface area contributed by atoms with Gasteiger partial charge in [0.1, 0.15) is 5.75 Å². The van der Waals surface area contributed by atoms with Crippen molar-refractivity contribution in [3.05, 3.63) is 52.2 Å². The van der Waals surface area contributed by atoms with Gasteiger partial charge in [-0.1, -0.05) is 0 Å². The van der Waals surface area contributed by atoms with Gasteiger partial charge in [-0.15, -0.1) is 0 Å². The number of phosphoric ester groups is 1. The molecule has 0 unspecified atom stereocenters. The number of H-pyrrole nitrogens is 1. The number of aryl methyl sites for hydroxylation is 1. The molecule has 1 aliphatic heterocycles. The lowest BCUT2D eigenvalue weighted by atomic mass is 10.1. The predicted molar refractivity (Wildman–Crippen MR) is 93.5 cm³/mol. The second-order valence-electron chi connectivity index (χ2n) is 5.91. The fourth-order valence-corrected chi connectivity index (χ4v) is 3.27. The van der Waals surface area contributed by atoms with Crippen LogP contribution in [0.2, 0.25) is 0 Å². The average molecular weight is 375 g/mol. The number of pyridine rings is 1. The molecule has 8 nitrogen and oxygen atoms in total. The number of nitrogens with one attached hydrogen (secondary N) is 1. The fourth-order valence-electron chi connectivity index (χ4n) is 2.89. The fraction of sp³-hybridized carbons (Fsp3) is 0.118. The van der Waals surface area contributed by atoms with Crippen LogP contribution in [0.1, 0.15) is 5.56 Å². The molecule has 0 saturated carbocycles. The summed E-state index contributed by atoms with van der Waals surface area (Å²) in [5, 5.41) is 0.456. The van der Waals surface area contributed by atoms with Crippen LogP contribution in [0.4, 0.5) is 0 Å². The van der Waals surface area contributed by atoms with Gasteiger partial charge >= 0.3 is 7.82 Å². The summed E-state index contributed by atoms with van der Waals surface area (Å²) in [4.78, 5) is 33.7. The Morgan fingerprint density at radius 2 is 1.81 bits per heavy atom. The van der Waals surface area contributed by atoms with E-state index in [1.54, 1.807) is 25.1 Å². The van der Waals surface area contributed by atoms with Crippen LogP contribution in [0, 0.1) is 6.92 Å². The van der Waals surface area contributed by atoms with Crippen LogP contribution in [0.15, 0.2) is 41.2 Å². The molecule has 0 aliphatic carbocycles. The molecule has 0 spiro atoms. The van der Waals surface area contributed by atoms with Crippen molar-refractivity contribution in [1.29, 1.82) is 0 Å². The minimum Gasteiger partial charge on any atom is -0.454 e. The minimum absolute atomic E-state index is 0.0139. The Kier molecular flexibility index (Phi) is 3.77. The summed E-state index contributed by atoms with van der Waals surface area (Å²) in [6.07, 6.45) is 0. The number of hydrogen-bond donors (Lipinski definition) is 3. The summed E-state index contributed by atoms with van der Waals surface area (Å²) in [5.74, 6) is 1.07. The molecule has 1 aliphatic rings. The molecule has 2 heterocycles. The molecule has 0 atom stereocenters. The maximum Gasteiger partial charge on any atom is 0.524 e. The van der Waals surface area contributed by atoms with Gasteiger partial charge in [-0.2, -0.15) is 0 Å². The molecule has 0 bridgehead atoms. The van der Waals surface area contributed by atoms with Crippen molar-refractivity contribution in [2.24, 2.45) is 0 Å². The Labute approximate surface area is 147 Å². The monoisotopic (exact) mass is 375 g/mol. The number of aromatic amines is 1. The first-order chi connectivity index (χ1) is 12.3. The quantitative estimate of drug-likeness (QED) is 0.602. The van der Waals surface area contributed by atoms with Crippen LogP contribution in [0.25, 0.3) is 22.2 Å². The van der Waals surface area contributed by atoms with Gasteiger partial charge in [0.15, 0.2) is 16.9 Å². The molecule has 0 radical (unpaired) electrons. The number of hydrogen-bond acceptors (Lipinski definition) is 5. The van der Waals surface area contributed by atoms with Gasteiger partial charge in [0.25, 0.3) is 0 Å². The Bertz CT molecular complexity index is 1130. The third-order valence-corrected chi connectivity index (χ3v) is 4.36. The van der Waals surface area contributed by atoms with Crippen LogP contribution in [0.5, 0.6) is 17.2 Å². The van der Waals surface area contributed by atoms with E-state index in [9.17, 15) is 9.36 Å². The molecular weight excluding hydrogens is 361 g/mol. The smallest absolute Gasteiger partial charge is 0.454 e. The Balaban J connectivity index is 1.85. The summed E-state index contributed by atoms with van der Waals surface area (Å²) in [5.41, 5.74) is 2.12. The standard InChI is InChI=1S/C17H14NO7P/c1-9-2-10(4-11(3-9)25-26(20,21)22)13-6-15(19)12-5-16-17(24-8-23-16)7-14(12)18-13/h2-7H,8H2,1H3,(H,18,19)(H2,20,21,22). The normalized spacial score (nSPS) is 13.2. The third kappa shape index (κ3) is 3.17. The molecule has 0 saturated heterocycles. The summed E-state index contributed by atoms with van der Waals surface area (Å²) in [7, 11) is -4.68. The summed E-state index contributed by atoms with van der Waals surface area (Å²) in [6, 6.07) is 9.46. The van der Waals surface area contributed by atoms with Crippen molar-refractivity contribution in [2.45, 2.75) is 6.92 Å². The van der Waals surface area contributed by atoms with Gasteiger partial charge in [-0.05, 0) is 36.8 Å². The van der Waals surface area contributed by atoms with Gasteiger partial charge in [0.05, 0.1) is 5.52 Å².